The average molecular weight is 534 g/mol. The van der Waals surface area contributed by atoms with E-state index in [0.717, 1.165) is 38.5 Å². The van der Waals surface area contributed by atoms with Crippen molar-refractivity contribution in [2.45, 2.75) is 76.4 Å². The molecule has 0 saturated heterocycles. The summed E-state index contributed by atoms with van der Waals surface area (Å²) in [5, 5.41) is 0.475. The Bertz CT molecular complexity index is 1250. The van der Waals surface area contributed by atoms with Crippen molar-refractivity contribution in [1.29, 1.82) is 0 Å². The van der Waals surface area contributed by atoms with E-state index in [1.807, 2.05) is 0 Å². The van der Waals surface area contributed by atoms with E-state index in [-0.39, 0.29) is 5.02 Å². The van der Waals surface area contributed by atoms with E-state index < -0.39 is 29.3 Å². The Labute approximate surface area is 219 Å². The van der Waals surface area contributed by atoms with Crippen molar-refractivity contribution in [3.05, 3.63) is 52.3 Å². The predicted molar refractivity (Wildman–Crippen MR) is 139 cm³/mol. The van der Waals surface area contributed by atoms with Gasteiger partial charge in [0, 0.05) is 16.7 Å². The van der Waals surface area contributed by atoms with Crippen LogP contribution < -0.4 is 5.73 Å². The number of primary amides is 1. The summed E-state index contributed by atoms with van der Waals surface area (Å²) in [5.74, 6) is -1.32. The first-order valence-electron chi connectivity index (χ1n) is 12.4. The van der Waals surface area contributed by atoms with E-state index in [9.17, 15) is 14.0 Å². The van der Waals surface area contributed by atoms with E-state index in [4.69, 9.17) is 33.7 Å². The molecule has 2 aromatic carbocycles. The third-order valence-electron chi connectivity index (χ3n) is 6.91. The number of hydrogen-bond donors (Lipinski definition) is 1. The molecule has 1 atom stereocenters. The van der Waals surface area contributed by atoms with E-state index in [1.54, 1.807) is 28.8 Å². The van der Waals surface area contributed by atoms with Crippen molar-refractivity contribution >= 4 is 46.1 Å². The molecule has 0 spiro atoms. The smallest absolute Gasteiger partial charge is 0.330 e. The zero-order valence-corrected chi connectivity index (χ0v) is 21.7. The molecule has 1 fully saturated rings. The molecule has 6 nitrogen and oxygen atoms in total. The summed E-state index contributed by atoms with van der Waals surface area (Å²) in [5.41, 5.74) is 5.98. The molecule has 1 unspecified atom stereocenters. The molecular weight excluding hydrogens is 504 g/mol. The molecule has 1 aliphatic rings. The van der Waals surface area contributed by atoms with Gasteiger partial charge in [-0.2, -0.15) is 0 Å². The number of esters is 1. The molecule has 0 bridgehead atoms. The lowest BCUT2D eigenvalue weighted by atomic mass is 9.84. The van der Waals surface area contributed by atoms with Crippen LogP contribution in [0.1, 0.15) is 70.8 Å². The van der Waals surface area contributed by atoms with Crippen molar-refractivity contribution in [2.24, 2.45) is 5.73 Å². The summed E-state index contributed by atoms with van der Waals surface area (Å²) in [6.07, 6.45) is 6.34. The summed E-state index contributed by atoms with van der Waals surface area (Å²) < 4.78 is 22.1. The first-order chi connectivity index (χ1) is 17.3. The topological polar surface area (TPSA) is 87.2 Å². The summed E-state index contributed by atoms with van der Waals surface area (Å²) >= 11 is 12.3. The van der Waals surface area contributed by atoms with Gasteiger partial charge in [0.1, 0.15) is 17.7 Å². The normalized spacial score (nSPS) is 16.1. The molecule has 9 heteroatoms. The second kappa shape index (κ2) is 11.2. The van der Waals surface area contributed by atoms with Gasteiger partial charge >= 0.3 is 5.97 Å². The summed E-state index contributed by atoms with van der Waals surface area (Å²) in [7, 11) is 0. The molecule has 4 rings (SSSR count). The second-order valence-electron chi connectivity index (χ2n) is 9.42. The van der Waals surface area contributed by atoms with Gasteiger partial charge in [-0.05, 0) is 62.4 Å². The average Bonchev–Trinajstić information content (AvgIpc) is 3.20. The number of nitrogens with zero attached hydrogens (tertiary/aromatic N) is 2. The number of aromatic nitrogens is 2. The zero-order chi connectivity index (χ0) is 25.9. The molecule has 1 aromatic heterocycles. The van der Waals surface area contributed by atoms with E-state index >= 15 is 0 Å². The summed E-state index contributed by atoms with van der Waals surface area (Å²) in [6.45, 7) is 2.08. The fourth-order valence-corrected chi connectivity index (χ4v) is 5.21. The van der Waals surface area contributed by atoms with Crippen molar-refractivity contribution in [1.82, 2.24) is 9.55 Å². The van der Waals surface area contributed by atoms with Crippen LogP contribution in [0.5, 0.6) is 0 Å². The summed E-state index contributed by atoms with van der Waals surface area (Å²) in [4.78, 5) is 31.0. The van der Waals surface area contributed by atoms with Gasteiger partial charge in [-0.15, -0.1) is 0 Å². The number of rotatable bonds is 9. The molecule has 1 saturated carbocycles. The molecule has 192 valence electrons. The highest BCUT2D eigenvalue weighted by Gasteiger charge is 2.43. The second-order valence-corrected chi connectivity index (χ2v) is 10.3. The lowest BCUT2D eigenvalue weighted by Gasteiger charge is -2.35. The maximum absolute atomic E-state index is 14.4. The number of carbonyl (C=O) groups excluding carboxylic acids is 2. The highest BCUT2D eigenvalue weighted by molar-refractivity contribution is 6.31. The number of fused-ring (bicyclic) bond motifs is 1. The zero-order valence-electron chi connectivity index (χ0n) is 20.2. The van der Waals surface area contributed by atoms with Crippen LogP contribution in [0, 0.1) is 5.82 Å². The number of benzene rings is 2. The number of ether oxygens (including phenoxy) is 1. The quantitative estimate of drug-likeness (QED) is 0.237. The molecular formula is C27H30Cl2FN3O3. The molecule has 2 N–H and O–H groups in total. The minimum Gasteiger partial charge on any atom is -0.447 e. The van der Waals surface area contributed by atoms with E-state index in [0.29, 0.717) is 46.7 Å². The molecule has 0 radical (unpaired) electrons. The van der Waals surface area contributed by atoms with Gasteiger partial charge in [-0.25, -0.2) is 14.2 Å². The monoisotopic (exact) mass is 533 g/mol. The Balaban J connectivity index is 1.85. The molecule has 1 aliphatic carbocycles. The van der Waals surface area contributed by atoms with Crippen molar-refractivity contribution in [3.8, 4) is 11.4 Å². The Morgan fingerprint density at radius 2 is 1.83 bits per heavy atom. The van der Waals surface area contributed by atoms with Crippen LogP contribution >= 0.6 is 23.2 Å². The lowest BCUT2D eigenvalue weighted by Crippen LogP contribution is -2.50. The Morgan fingerprint density at radius 3 is 2.47 bits per heavy atom. The van der Waals surface area contributed by atoms with E-state index in [2.05, 4.69) is 11.9 Å². The highest BCUT2D eigenvalue weighted by Crippen LogP contribution is 2.37. The standard InChI is InChI=1S/C27H30Cl2FN3O3/c1-2-3-5-8-22(25(34)36-27(26(31)35)13-6-4-7-14-27)33-23-15-19(29)20(30)16-21(23)32-24(33)17-9-11-18(28)12-10-17/h9-12,15-16,22H,2-8,13-14H2,1H3,(H2,31,35). The SMILES string of the molecule is CCCCCC(C(=O)OC1(C(N)=O)CCCCC1)n1c(-c2ccc(Cl)cc2)nc2cc(F)c(Cl)cc21. The fraction of sp³-hybridized carbons (Fsp3) is 0.444. The number of carbonyl (C=O) groups is 2. The van der Waals surface area contributed by atoms with Crippen LogP contribution in [0.15, 0.2) is 36.4 Å². The van der Waals surface area contributed by atoms with Gasteiger partial charge in [-0.1, -0.05) is 55.8 Å². The van der Waals surface area contributed by atoms with Gasteiger partial charge in [0.15, 0.2) is 5.60 Å². The maximum Gasteiger partial charge on any atom is 0.330 e. The third-order valence-corrected chi connectivity index (χ3v) is 7.45. The number of hydrogen-bond acceptors (Lipinski definition) is 4. The first-order valence-corrected chi connectivity index (χ1v) is 13.2. The maximum atomic E-state index is 14.4. The molecule has 3 aromatic rings. The van der Waals surface area contributed by atoms with Gasteiger partial charge in [0.05, 0.1) is 16.1 Å². The van der Waals surface area contributed by atoms with Crippen LogP contribution in [0.3, 0.4) is 0 Å². The van der Waals surface area contributed by atoms with E-state index in [1.165, 1.54) is 12.1 Å². The fourth-order valence-electron chi connectivity index (χ4n) is 4.93. The third kappa shape index (κ3) is 5.37. The summed E-state index contributed by atoms with van der Waals surface area (Å²) in [6, 6.07) is 8.95. The Hall–Kier alpha value is -2.64. The largest absolute Gasteiger partial charge is 0.447 e. The van der Waals surface area contributed by atoms with Crippen molar-refractivity contribution < 1.29 is 18.7 Å². The Kier molecular flexibility index (Phi) is 8.20. The Morgan fingerprint density at radius 1 is 1.14 bits per heavy atom. The first kappa shape index (κ1) is 26.4. The van der Waals surface area contributed by atoms with Crippen LogP contribution in [0.25, 0.3) is 22.4 Å². The number of unbranched alkanes of at least 4 members (excludes halogenated alkanes) is 2. The minimum absolute atomic E-state index is 0.0760. The molecule has 0 aliphatic heterocycles. The van der Waals surface area contributed by atoms with Gasteiger partial charge in [0.2, 0.25) is 0 Å². The van der Waals surface area contributed by atoms with Gasteiger partial charge in [0.25, 0.3) is 5.91 Å². The number of imidazole rings is 1. The van der Waals surface area contributed by atoms with Crippen LogP contribution in [0.2, 0.25) is 10.0 Å². The number of nitrogens with two attached hydrogens (primary N) is 1. The van der Waals surface area contributed by atoms with Crippen LogP contribution in [-0.2, 0) is 14.3 Å². The molecule has 1 amide bonds. The van der Waals surface area contributed by atoms with Gasteiger partial charge < -0.3 is 15.0 Å². The van der Waals surface area contributed by atoms with Crippen molar-refractivity contribution in [3.63, 3.8) is 0 Å². The molecule has 1 heterocycles. The van der Waals surface area contributed by atoms with Crippen LogP contribution in [-0.4, -0.2) is 27.0 Å². The minimum atomic E-state index is -1.32. The van der Waals surface area contributed by atoms with Crippen molar-refractivity contribution in [2.75, 3.05) is 0 Å². The number of amides is 1. The highest BCUT2D eigenvalue weighted by atomic mass is 35.5. The predicted octanol–water partition coefficient (Wildman–Crippen LogP) is 7.00. The van der Waals surface area contributed by atoms with Crippen LogP contribution in [0.4, 0.5) is 4.39 Å². The number of halogens is 3. The van der Waals surface area contributed by atoms with Gasteiger partial charge in [-0.3, -0.25) is 4.79 Å². The lowest BCUT2D eigenvalue weighted by molar-refractivity contribution is -0.174. The molecule has 36 heavy (non-hydrogen) atoms.